The standard InChI is InChI=1S/C24H25NO2/c1-13(2)17-12-18-14(3)11-19(17)22-21(18)23(26)25(24(22)27)20-10-6-8-15-7-4-5-9-16(15)20/h4-11,13,17-19,21-22H,12H2,1-3H3/t17-,18?,19?,21+,22-/m0/s1. The second kappa shape index (κ2) is 5.79. The lowest BCUT2D eigenvalue weighted by molar-refractivity contribution is -0.127. The van der Waals surface area contributed by atoms with Crippen molar-refractivity contribution in [1.29, 1.82) is 0 Å². The molecule has 1 saturated heterocycles. The van der Waals surface area contributed by atoms with Crippen molar-refractivity contribution >= 4 is 28.3 Å². The van der Waals surface area contributed by atoms with Gasteiger partial charge in [0.05, 0.1) is 17.5 Å². The fraction of sp³-hybridized carbons (Fsp3) is 0.417. The smallest absolute Gasteiger partial charge is 0.238 e. The number of allylic oxidation sites excluding steroid dienone is 2. The highest BCUT2D eigenvalue weighted by molar-refractivity contribution is 6.25. The number of carbonyl (C=O) groups excluding carboxylic acids is 2. The summed E-state index contributed by atoms with van der Waals surface area (Å²) in [6.45, 7) is 6.63. The Kier molecular flexibility index (Phi) is 3.59. The molecule has 6 rings (SSSR count). The minimum absolute atomic E-state index is 0.00505. The number of benzene rings is 2. The third-order valence-electron chi connectivity index (χ3n) is 7.17. The van der Waals surface area contributed by atoms with Gasteiger partial charge in [0.15, 0.2) is 0 Å². The predicted octanol–water partition coefficient (Wildman–Crippen LogP) is 4.81. The van der Waals surface area contributed by atoms with Crippen molar-refractivity contribution in [2.24, 2.45) is 35.5 Å². The summed E-state index contributed by atoms with van der Waals surface area (Å²) >= 11 is 0. The molecule has 27 heavy (non-hydrogen) atoms. The first-order valence-corrected chi connectivity index (χ1v) is 10.0. The van der Waals surface area contributed by atoms with Crippen LogP contribution in [0.2, 0.25) is 0 Å². The van der Waals surface area contributed by atoms with Gasteiger partial charge in [0.2, 0.25) is 11.8 Å². The topological polar surface area (TPSA) is 37.4 Å². The minimum Gasteiger partial charge on any atom is -0.274 e. The van der Waals surface area contributed by atoms with Crippen LogP contribution >= 0.6 is 0 Å². The van der Waals surface area contributed by atoms with Crippen LogP contribution in [0, 0.1) is 35.5 Å². The molecule has 3 nitrogen and oxygen atoms in total. The maximum atomic E-state index is 13.5. The normalized spacial score (nSPS) is 32.4. The summed E-state index contributed by atoms with van der Waals surface area (Å²) in [4.78, 5) is 28.5. The van der Waals surface area contributed by atoms with E-state index in [0.717, 1.165) is 22.9 Å². The highest BCUT2D eigenvalue weighted by Gasteiger charge is 2.60. The van der Waals surface area contributed by atoms with E-state index < -0.39 is 0 Å². The Bertz CT molecular complexity index is 984. The minimum atomic E-state index is -0.189. The predicted molar refractivity (Wildman–Crippen MR) is 107 cm³/mol. The highest BCUT2D eigenvalue weighted by atomic mass is 16.2. The molecular weight excluding hydrogens is 334 g/mol. The first-order chi connectivity index (χ1) is 13.0. The van der Waals surface area contributed by atoms with Gasteiger partial charge in [-0.15, -0.1) is 0 Å². The molecule has 2 aromatic carbocycles. The number of hydrogen-bond donors (Lipinski definition) is 0. The van der Waals surface area contributed by atoms with E-state index in [4.69, 9.17) is 0 Å². The first kappa shape index (κ1) is 16.7. The van der Waals surface area contributed by atoms with Gasteiger partial charge in [-0.2, -0.15) is 0 Å². The Labute approximate surface area is 160 Å². The van der Waals surface area contributed by atoms with Gasteiger partial charge in [0, 0.05) is 5.39 Å². The van der Waals surface area contributed by atoms with Crippen LogP contribution in [0.4, 0.5) is 5.69 Å². The average molecular weight is 359 g/mol. The Hall–Kier alpha value is -2.42. The van der Waals surface area contributed by atoms with Crippen LogP contribution in [0.25, 0.3) is 10.8 Å². The molecule has 1 aliphatic heterocycles. The summed E-state index contributed by atoms with van der Waals surface area (Å²) in [7, 11) is 0. The molecule has 138 valence electrons. The van der Waals surface area contributed by atoms with Gasteiger partial charge in [-0.1, -0.05) is 61.9 Å². The monoisotopic (exact) mass is 359 g/mol. The Balaban J connectivity index is 1.63. The Morgan fingerprint density at radius 2 is 1.67 bits per heavy atom. The van der Waals surface area contributed by atoms with Gasteiger partial charge < -0.3 is 0 Å². The fourth-order valence-corrected chi connectivity index (χ4v) is 5.88. The molecule has 2 unspecified atom stereocenters. The number of carbonyl (C=O) groups is 2. The van der Waals surface area contributed by atoms with Gasteiger partial charge in [0.1, 0.15) is 0 Å². The third-order valence-corrected chi connectivity index (χ3v) is 7.17. The van der Waals surface area contributed by atoms with Crippen molar-refractivity contribution in [3.63, 3.8) is 0 Å². The molecule has 0 spiro atoms. The number of amides is 2. The van der Waals surface area contributed by atoms with E-state index in [1.807, 2.05) is 42.5 Å². The fourth-order valence-electron chi connectivity index (χ4n) is 5.88. The lowest BCUT2D eigenvalue weighted by atomic mass is 9.54. The molecule has 2 aromatic rings. The van der Waals surface area contributed by atoms with E-state index in [0.29, 0.717) is 11.8 Å². The van der Waals surface area contributed by atoms with Gasteiger partial charge in [-0.3, -0.25) is 9.59 Å². The molecule has 2 bridgehead atoms. The van der Waals surface area contributed by atoms with E-state index in [-0.39, 0.29) is 35.5 Å². The second-order valence-corrected chi connectivity index (χ2v) is 8.80. The molecule has 5 atom stereocenters. The second-order valence-electron chi connectivity index (χ2n) is 8.80. The number of fused-ring (bicyclic) bond motifs is 2. The summed E-state index contributed by atoms with van der Waals surface area (Å²) in [6, 6.07) is 13.9. The number of nitrogens with zero attached hydrogens (tertiary/aromatic N) is 1. The van der Waals surface area contributed by atoms with Crippen LogP contribution in [0.1, 0.15) is 27.2 Å². The molecule has 0 aromatic heterocycles. The van der Waals surface area contributed by atoms with Gasteiger partial charge in [-0.05, 0) is 48.5 Å². The molecule has 0 N–H and O–H groups in total. The van der Waals surface area contributed by atoms with Crippen LogP contribution in [0.3, 0.4) is 0 Å². The van der Waals surface area contributed by atoms with E-state index in [1.165, 1.54) is 10.5 Å². The Morgan fingerprint density at radius 1 is 0.963 bits per heavy atom. The summed E-state index contributed by atoms with van der Waals surface area (Å²) in [5, 5.41) is 2.03. The van der Waals surface area contributed by atoms with Crippen molar-refractivity contribution in [2.75, 3.05) is 4.90 Å². The average Bonchev–Trinajstić information content (AvgIpc) is 2.93. The maximum Gasteiger partial charge on any atom is 0.238 e. The zero-order valence-electron chi connectivity index (χ0n) is 16.1. The van der Waals surface area contributed by atoms with Crippen LogP contribution in [0.15, 0.2) is 54.1 Å². The van der Waals surface area contributed by atoms with Gasteiger partial charge in [-0.25, -0.2) is 4.90 Å². The number of rotatable bonds is 2. The molecule has 2 amide bonds. The van der Waals surface area contributed by atoms with Gasteiger partial charge >= 0.3 is 0 Å². The van der Waals surface area contributed by atoms with Crippen molar-refractivity contribution in [3.05, 3.63) is 54.1 Å². The molecule has 2 fully saturated rings. The quantitative estimate of drug-likeness (QED) is 0.570. The van der Waals surface area contributed by atoms with Crippen LogP contribution in [-0.4, -0.2) is 11.8 Å². The van der Waals surface area contributed by atoms with E-state index in [2.05, 4.69) is 26.8 Å². The molecule has 3 heteroatoms. The molecule has 1 heterocycles. The Morgan fingerprint density at radius 3 is 2.44 bits per heavy atom. The number of anilines is 1. The van der Waals surface area contributed by atoms with Crippen LogP contribution in [-0.2, 0) is 9.59 Å². The van der Waals surface area contributed by atoms with Crippen molar-refractivity contribution in [1.82, 2.24) is 0 Å². The zero-order chi connectivity index (χ0) is 18.9. The largest absolute Gasteiger partial charge is 0.274 e. The molecule has 1 saturated carbocycles. The van der Waals surface area contributed by atoms with E-state index in [1.54, 1.807) is 0 Å². The summed E-state index contributed by atoms with van der Waals surface area (Å²) in [5.41, 5.74) is 2.05. The van der Waals surface area contributed by atoms with Crippen LogP contribution < -0.4 is 4.90 Å². The van der Waals surface area contributed by atoms with E-state index >= 15 is 0 Å². The van der Waals surface area contributed by atoms with Crippen molar-refractivity contribution < 1.29 is 9.59 Å². The molecule has 4 aliphatic rings. The SMILES string of the molecule is CC1=CC2[C@H](C(C)C)CC1[C@H]1C(=O)N(c3cccc4ccccc34)C(=O)[C@@H]21. The van der Waals surface area contributed by atoms with Crippen molar-refractivity contribution in [3.8, 4) is 0 Å². The lowest BCUT2D eigenvalue weighted by Crippen LogP contribution is -2.46. The number of hydrogen-bond acceptors (Lipinski definition) is 2. The summed E-state index contributed by atoms with van der Waals surface area (Å²) < 4.78 is 0. The zero-order valence-corrected chi connectivity index (χ0v) is 16.1. The molecule has 0 radical (unpaired) electrons. The third kappa shape index (κ3) is 2.20. The van der Waals surface area contributed by atoms with Gasteiger partial charge in [0.25, 0.3) is 0 Å². The van der Waals surface area contributed by atoms with E-state index in [9.17, 15) is 9.59 Å². The lowest BCUT2D eigenvalue weighted by Gasteiger charge is -2.48. The summed E-state index contributed by atoms with van der Waals surface area (Å²) in [6.07, 6.45) is 3.34. The van der Waals surface area contributed by atoms with Crippen LogP contribution in [0.5, 0.6) is 0 Å². The highest BCUT2D eigenvalue weighted by Crippen LogP contribution is 2.57. The van der Waals surface area contributed by atoms with Crippen molar-refractivity contribution in [2.45, 2.75) is 27.2 Å². The molecular formula is C24H25NO2. The first-order valence-electron chi connectivity index (χ1n) is 10.0. The molecule has 3 aliphatic carbocycles. The maximum absolute atomic E-state index is 13.5. The summed E-state index contributed by atoms with van der Waals surface area (Å²) in [5.74, 6) is 1.06. The number of imide groups is 1.